The van der Waals surface area contributed by atoms with E-state index in [0.29, 0.717) is 12.2 Å². The third-order valence-electron chi connectivity index (χ3n) is 4.24. The fourth-order valence-electron chi connectivity index (χ4n) is 2.83. The minimum Gasteiger partial charge on any atom is -0.339 e. The second kappa shape index (κ2) is 6.92. The number of anilines is 2. The number of para-hydroxylation sites is 2. The first kappa shape index (κ1) is 16.2. The highest BCUT2D eigenvalue weighted by molar-refractivity contribution is 5.77. The van der Waals surface area contributed by atoms with Gasteiger partial charge in [-0.05, 0) is 48.9 Å². The molecule has 0 aliphatic heterocycles. The third kappa shape index (κ3) is 3.54. The van der Waals surface area contributed by atoms with Crippen molar-refractivity contribution in [3.05, 3.63) is 95.4 Å². The van der Waals surface area contributed by atoms with Gasteiger partial charge in [-0.15, -0.1) is 0 Å². The quantitative estimate of drug-likeness (QED) is 0.538. The van der Waals surface area contributed by atoms with E-state index < -0.39 is 0 Å². The summed E-state index contributed by atoms with van der Waals surface area (Å²) < 4.78 is 13.2. The summed E-state index contributed by atoms with van der Waals surface area (Å²) in [5.74, 6) is 0.427. The van der Waals surface area contributed by atoms with E-state index >= 15 is 0 Å². The first-order chi connectivity index (χ1) is 12.7. The van der Waals surface area contributed by atoms with E-state index in [0.717, 1.165) is 22.4 Å². The first-order valence-corrected chi connectivity index (χ1v) is 8.51. The lowest BCUT2D eigenvalue weighted by Crippen LogP contribution is -2.04. The van der Waals surface area contributed by atoms with Crippen LogP contribution in [0.15, 0.2) is 72.8 Å². The maximum Gasteiger partial charge on any atom is 0.153 e. The van der Waals surface area contributed by atoms with Gasteiger partial charge in [0, 0.05) is 12.1 Å². The Balaban J connectivity index is 1.75. The lowest BCUT2D eigenvalue weighted by molar-refractivity contribution is 0.628. The van der Waals surface area contributed by atoms with E-state index in [1.54, 1.807) is 12.1 Å². The zero-order valence-electron chi connectivity index (χ0n) is 14.4. The van der Waals surface area contributed by atoms with Crippen LogP contribution in [0.3, 0.4) is 0 Å². The van der Waals surface area contributed by atoms with Gasteiger partial charge in [-0.1, -0.05) is 42.0 Å². The molecule has 1 heterocycles. The van der Waals surface area contributed by atoms with Gasteiger partial charge in [0.1, 0.15) is 5.82 Å². The van der Waals surface area contributed by atoms with Gasteiger partial charge in [0.25, 0.3) is 0 Å². The summed E-state index contributed by atoms with van der Waals surface area (Å²) in [5, 5.41) is 3.28. The molecule has 3 nitrogen and oxygen atoms in total. The van der Waals surface area contributed by atoms with Crippen LogP contribution in [-0.4, -0.2) is 9.97 Å². The van der Waals surface area contributed by atoms with E-state index in [1.165, 1.54) is 23.3 Å². The van der Waals surface area contributed by atoms with Gasteiger partial charge in [-0.2, -0.15) is 0 Å². The Hall–Kier alpha value is -3.27. The maximum atomic E-state index is 13.2. The van der Waals surface area contributed by atoms with Crippen molar-refractivity contribution in [1.82, 2.24) is 9.97 Å². The van der Waals surface area contributed by atoms with Crippen molar-refractivity contribution in [3.63, 3.8) is 0 Å². The number of aromatic nitrogens is 2. The number of halogens is 1. The summed E-state index contributed by atoms with van der Waals surface area (Å²) in [6.07, 6.45) is 0.668. The Morgan fingerprint density at radius 2 is 1.46 bits per heavy atom. The Kier molecular flexibility index (Phi) is 4.32. The summed E-state index contributed by atoms with van der Waals surface area (Å²) in [7, 11) is 0. The van der Waals surface area contributed by atoms with Gasteiger partial charge >= 0.3 is 0 Å². The van der Waals surface area contributed by atoms with Gasteiger partial charge in [0.15, 0.2) is 5.82 Å². The average molecular weight is 343 g/mol. The molecule has 0 fully saturated rings. The maximum absolute atomic E-state index is 13.2. The molecular formula is C22H18FN3. The molecule has 4 aromatic rings. The number of nitrogens with one attached hydrogen (secondary N) is 1. The molecule has 128 valence electrons. The molecule has 1 aromatic heterocycles. The summed E-state index contributed by atoms with van der Waals surface area (Å²) in [4.78, 5) is 9.55. The van der Waals surface area contributed by atoms with Crippen molar-refractivity contribution in [3.8, 4) is 0 Å². The van der Waals surface area contributed by atoms with Crippen LogP contribution >= 0.6 is 0 Å². The number of rotatable bonds is 4. The lowest BCUT2D eigenvalue weighted by atomic mass is 10.1. The fourth-order valence-corrected chi connectivity index (χ4v) is 2.83. The molecule has 4 heteroatoms. The minimum absolute atomic E-state index is 0.264. The Morgan fingerprint density at radius 3 is 2.15 bits per heavy atom. The lowest BCUT2D eigenvalue weighted by Gasteiger charge is -2.12. The second-order valence-corrected chi connectivity index (χ2v) is 6.30. The van der Waals surface area contributed by atoms with Crippen molar-refractivity contribution in [1.29, 1.82) is 0 Å². The highest BCUT2D eigenvalue weighted by Gasteiger charge is 2.10. The average Bonchev–Trinajstić information content (AvgIpc) is 2.66. The summed E-state index contributed by atoms with van der Waals surface area (Å²) in [5.41, 5.74) is 5.72. The topological polar surface area (TPSA) is 37.8 Å². The van der Waals surface area contributed by atoms with E-state index in [1.807, 2.05) is 24.3 Å². The fraction of sp³-hybridized carbons (Fsp3) is 0.0909. The van der Waals surface area contributed by atoms with Crippen LogP contribution in [0.4, 0.5) is 15.9 Å². The molecular weight excluding hydrogens is 325 g/mol. The Bertz CT molecular complexity index is 955. The summed E-state index contributed by atoms with van der Waals surface area (Å²) in [6, 6.07) is 22.4. The molecule has 0 radical (unpaired) electrons. The molecule has 0 aliphatic carbocycles. The number of fused-ring (bicyclic) bond motifs is 1. The van der Waals surface area contributed by atoms with Gasteiger partial charge in [-0.3, -0.25) is 0 Å². The molecule has 1 N–H and O–H groups in total. The minimum atomic E-state index is -0.264. The largest absolute Gasteiger partial charge is 0.339 e. The molecule has 0 unspecified atom stereocenters. The monoisotopic (exact) mass is 343 g/mol. The van der Waals surface area contributed by atoms with Gasteiger partial charge in [-0.25, -0.2) is 14.4 Å². The van der Waals surface area contributed by atoms with Gasteiger partial charge < -0.3 is 5.32 Å². The van der Waals surface area contributed by atoms with Crippen LogP contribution < -0.4 is 5.32 Å². The predicted octanol–water partition coefficient (Wildman–Crippen LogP) is 5.41. The van der Waals surface area contributed by atoms with Crippen molar-refractivity contribution in [2.45, 2.75) is 13.3 Å². The molecule has 0 bridgehead atoms. The predicted molar refractivity (Wildman–Crippen MR) is 103 cm³/mol. The van der Waals surface area contributed by atoms with Crippen LogP contribution in [-0.2, 0) is 6.42 Å². The van der Waals surface area contributed by atoms with Gasteiger partial charge in [0.05, 0.1) is 16.7 Å². The van der Waals surface area contributed by atoms with Crippen LogP contribution in [0.2, 0.25) is 0 Å². The molecule has 0 atom stereocenters. The van der Waals surface area contributed by atoms with E-state index in [9.17, 15) is 4.39 Å². The van der Waals surface area contributed by atoms with Crippen molar-refractivity contribution < 1.29 is 4.39 Å². The van der Waals surface area contributed by atoms with E-state index in [-0.39, 0.29) is 5.82 Å². The zero-order valence-corrected chi connectivity index (χ0v) is 14.4. The Labute approximate surface area is 151 Å². The first-order valence-electron chi connectivity index (χ1n) is 8.51. The standard InChI is InChI=1S/C22H18FN3/c1-15-6-8-16(9-7-15)14-21-22(24-18-12-10-17(23)11-13-18)26-20-5-3-2-4-19(20)25-21/h2-13H,14H2,1H3,(H,24,26). The molecule has 0 amide bonds. The molecule has 0 saturated carbocycles. The van der Waals surface area contributed by atoms with Crippen molar-refractivity contribution in [2.75, 3.05) is 5.32 Å². The molecule has 0 aliphatic rings. The SMILES string of the molecule is Cc1ccc(Cc2nc3ccccc3nc2Nc2ccc(F)cc2)cc1. The molecule has 3 aromatic carbocycles. The number of nitrogens with zero attached hydrogens (tertiary/aromatic N) is 2. The van der Waals surface area contributed by atoms with Crippen LogP contribution in [0.1, 0.15) is 16.8 Å². The number of benzene rings is 3. The third-order valence-corrected chi connectivity index (χ3v) is 4.24. The van der Waals surface area contributed by atoms with Crippen LogP contribution in [0, 0.1) is 12.7 Å². The Morgan fingerprint density at radius 1 is 0.808 bits per heavy atom. The molecule has 4 rings (SSSR count). The van der Waals surface area contributed by atoms with Crippen molar-refractivity contribution in [2.24, 2.45) is 0 Å². The van der Waals surface area contributed by atoms with E-state index in [2.05, 4.69) is 36.5 Å². The number of aryl methyl sites for hydroxylation is 1. The highest BCUT2D eigenvalue weighted by Crippen LogP contribution is 2.23. The molecule has 26 heavy (non-hydrogen) atoms. The van der Waals surface area contributed by atoms with E-state index in [4.69, 9.17) is 9.97 Å². The second-order valence-electron chi connectivity index (χ2n) is 6.30. The zero-order chi connectivity index (χ0) is 17.9. The summed E-state index contributed by atoms with van der Waals surface area (Å²) in [6.45, 7) is 2.07. The smallest absolute Gasteiger partial charge is 0.153 e. The normalized spacial score (nSPS) is 10.8. The number of hydrogen-bond acceptors (Lipinski definition) is 3. The van der Waals surface area contributed by atoms with Crippen LogP contribution in [0.5, 0.6) is 0 Å². The van der Waals surface area contributed by atoms with Crippen molar-refractivity contribution >= 4 is 22.5 Å². The van der Waals surface area contributed by atoms with Crippen LogP contribution in [0.25, 0.3) is 11.0 Å². The highest BCUT2D eigenvalue weighted by atomic mass is 19.1. The molecule has 0 saturated heterocycles. The number of hydrogen-bond donors (Lipinski definition) is 1. The summed E-state index contributed by atoms with van der Waals surface area (Å²) >= 11 is 0. The molecule has 0 spiro atoms. The van der Waals surface area contributed by atoms with Gasteiger partial charge in [0.2, 0.25) is 0 Å².